The number of unbranched alkanes of at least 4 members (excludes halogenated alkanes) is 26. The average molecular weight is 884 g/mol. The first kappa shape index (κ1) is 58.7. The van der Waals surface area contributed by atoms with Gasteiger partial charge in [0.15, 0.2) is 6.04 Å². The summed E-state index contributed by atoms with van der Waals surface area (Å²) in [5, 5.41) is 21.9. The lowest BCUT2D eigenvalue weighted by Crippen LogP contribution is -2.43. The second-order valence-corrected chi connectivity index (χ2v) is 18.1. The van der Waals surface area contributed by atoms with Gasteiger partial charge in [-0.1, -0.05) is 198 Å². The minimum absolute atomic E-state index is 0.142. The van der Waals surface area contributed by atoms with Crippen LogP contribution in [0.1, 0.15) is 226 Å². The smallest absolute Gasteiger partial charge is 0.472 e. The highest BCUT2D eigenvalue weighted by atomic mass is 31.2. The van der Waals surface area contributed by atoms with Crippen molar-refractivity contribution in [3.63, 3.8) is 0 Å². The summed E-state index contributed by atoms with van der Waals surface area (Å²) in [5.74, 6) is -2.37. The molecule has 3 atom stereocenters. The van der Waals surface area contributed by atoms with Gasteiger partial charge in [-0.25, -0.2) is 9.36 Å². The zero-order valence-electron chi connectivity index (χ0n) is 38.7. The largest absolute Gasteiger partial charge is 0.480 e. The fraction of sp³-hybridized carbons (Fsp3) is 0.816. The van der Waals surface area contributed by atoms with Crippen molar-refractivity contribution in [1.82, 2.24) is 5.32 Å². The van der Waals surface area contributed by atoms with E-state index in [4.69, 9.17) is 13.8 Å². The van der Waals surface area contributed by atoms with Crippen molar-refractivity contribution in [1.29, 1.82) is 0 Å². The Morgan fingerprint density at radius 3 is 1.38 bits per heavy atom. The van der Waals surface area contributed by atoms with E-state index in [0.29, 0.717) is 12.8 Å². The monoisotopic (exact) mass is 884 g/mol. The molecule has 0 spiro atoms. The number of esters is 1. The SMILES string of the molecule is CCCCC/C=C\C/C=C\C/C=C\CCCCCCCCCCCCC(=O)NC(COP(=O)(O)OCC(O)COC(=O)CCCCCCCCCCCCCCCC)C(=O)O. The van der Waals surface area contributed by atoms with E-state index in [1.807, 2.05) is 0 Å². The van der Waals surface area contributed by atoms with Crippen LogP contribution in [-0.4, -0.2) is 64.9 Å². The number of carbonyl (C=O) groups excluding carboxylic acids is 2. The quantitative estimate of drug-likeness (QED) is 0.0200. The van der Waals surface area contributed by atoms with Crippen LogP contribution >= 0.6 is 7.82 Å². The van der Waals surface area contributed by atoms with Gasteiger partial charge in [0.25, 0.3) is 0 Å². The number of aliphatic hydroxyl groups is 1. The standard InChI is InChI=1S/C49H90NO10P/c1-3-5-7-9-11-13-15-17-19-20-21-22-23-24-25-26-27-28-30-32-34-36-38-40-47(52)50-46(49(54)55)44-60-61(56,57)59-43-45(51)42-58-48(53)41-39-37-35-33-31-29-18-16-14-12-10-8-6-4-2/h11,13,17,19,21-22,45-46,51H,3-10,12,14-16,18,20,23-44H2,1-2H3,(H,50,52)(H,54,55)(H,56,57)/b13-11-,19-17-,22-21-. The van der Waals surface area contributed by atoms with E-state index in [0.717, 1.165) is 64.2 Å². The number of carboxylic acids is 1. The normalized spacial score (nSPS) is 13.9. The van der Waals surface area contributed by atoms with Crippen LogP contribution < -0.4 is 5.32 Å². The van der Waals surface area contributed by atoms with E-state index in [-0.39, 0.29) is 12.8 Å². The highest BCUT2D eigenvalue weighted by Gasteiger charge is 2.28. The molecule has 11 nitrogen and oxygen atoms in total. The zero-order chi connectivity index (χ0) is 44.9. The van der Waals surface area contributed by atoms with Crippen LogP contribution in [0.15, 0.2) is 36.5 Å². The van der Waals surface area contributed by atoms with Crippen LogP contribution in [0.4, 0.5) is 0 Å². The molecule has 0 aromatic rings. The highest BCUT2D eigenvalue weighted by Crippen LogP contribution is 2.43. The molecule has 0 aliphatic heterocycles. The van der Waals surface area contributed by atoms with Crippen molar-refractivity contribution in [3.8, 4) is 0 Å². The summed E-state index contributed by atoms with van der Waals surface area (Å²) < 4.78 is 26.9. The lowest BCUT2D eigenvalue weighted by Gasteiger charge is -2.18. The molecule has 356 valence electrons. The van der Waals surface area contributed by atoms with Crippen LogP contribution in [0.25, 0.3) is 0 Å². The van der Waals surface area contributed by atoms with Crippen molar-refractivity contribution in [3.05, 3.63) is 36.5 Å². The zero-order valence-corrected chi connectivity index (χ0v) is 39.6. The number of hydrogen-bond donors (Lipinski definition) is 4. The predicted octanol–water partition coefficient (Wildman–Crippen LogP) is 13.2. The number of carbonyl (C=O) groups is 3. The van der Waals surface area contributed by atoms with Crippen molar-refractivity contribution in [2.24, 2.45) is 0 Å². The summed E-state index contributed by atoms with van der Waals surface area (Å²) in [6, 6.07) is -1.55. The van der Waals surface area contributed by atoms with Crippen LogP contribution in [-0.2, 0) is 32.7 Å². The molecule has 1 amide bonds. The van der Waals surface area contributed by atoms with Crippen molar-refractivity contribution < 1.29 is 47.8 Å². The maximum atomic E-state index is 12.4. The first-order chi connectivity index (χ1) is 29.6. The minimum Gasteiger partial charge on any atom is -0.480 e. The Hall–Kier alpha value is -2.30. The topological polar surface area (TPSA) is 169 Å². The van der Waals surface area contributed by atoms with Gasteiger partial charge in [-0.2, -0.15) is 0 Å². The number of hydrogen-bond acceptors (Lipinski definition) is 8. The molecule has 3 unspecified atom stereocenters. The lowest BCUT2D eigenvalue weighted by atomic mass is 10.0. The summed E-state index contributed by atoms with van der Waals surface area (Å²) in [6.45, 7) is 2.59. The fourth-order valence-corrected chi connectivity index (χ4v) is 7.63. The number of rotatable bonds is 46. The number of ether oxygens (including phenoxy) is 1. The molecule has 0 aromatic carbocycles. The molecular formula is C49H90NO10P. The molecule has 0 saturated heterocycles. The molecule has 0 rings (SSSR count). The van der Waals surface area contributed by atoms with Crippen LogP contribution in [0.5, 0.6) is 0 Å². The van der Waals surface area contributed by atoms with Crippen molar-refractivity contribution in [2.75, 3.05) is 19.8 Å². The lowest BCUT2D eigenvalue weighted by molar-refractivity contribution is -0.147. The Labute approximate surface area is 371 Å². The summed E-state index contributed by atoms with van der Waals surface area (Å²) in [6.07, 6.45) is 48.7. The third-order valence-corrected chi connectivity index (χ3v) is 11.6. The molecule has 0 aliphatic carbocycles. The van der Waals surface area contributed by atoms with Gasteiger partial charge in [-0.15, -0.1) is 0 Å². The van der Waals surface area contributed by atoms with Gasteiger partial charge in [0.05, 0.1) is 13.2 Å². The number of nitrogens with one attached hydrogen (secondary N) is 1. The minimum atomic E-state index is -4.76. The van der Waals surface area contributed by atoms with Crippen molar-refractivity contribution in [2.45, 2.75) is 238 Å². The van der Waals surface area contributed by atoms with Gasteiger partial charge in [0.1, 0.15) is 12.7 Å². The van der Waals surface area contributed by atoms with E-state index in [9.17, 15) is 34.1 Å². The number of allylic oxidation sites excluding steroid dienone is 6. The number of aliphatic hydroxyl groups excluding tert-OH is 1. The van der Waals surface area contributed by atoms with E-state index in [1.54, 1.807) is 0 Å². The molecular weight excluding hydrogens is 794 g/mol. The number of carboxylic acid groups (broad SMARTS) is 1. The molecule has 0 aliphatic rings. The van der Waals surface area contributed by atoms with Crippen LogP contribution in [0.2, 0.25) is 0 Å². The van der Waals surface area contributed by atoms with E-state index >= 15 is 0 Å². The molecule has 0 radical (unpaired) electrons. The van der Waals surface area contributed by atoms with Gasteiger partial charge in [0.2, 0.25) is 5.91 Å². The molecule has 4 N–H and O–H groups in total. The molecule has 0 fully saturated rings. The Bertz CT molecular complexity index is 1180. The maximum Gasteiger partial charge on any atom is 0.472 e. The molecule has 0 saturated carbocycles. The molecule has 0 bridgehead atoms. The van der Waals surface area contributed by atoms with Crippen LogP contribution in [0.3, 0.4) is 0 Å². The van der Waals surface area contributed by atoms with E-state index in [1.165, 1.54) is 122 Å². The molecule has 0 heterocycles. The number of phosphoric acid groups is 1. The Kier molecular flexibility index (Phi) is 42.6. The molecule has 12 heteroatoms. The summed E-state index contributed by atoms with van der Waals surface area (Å²) >= 11 is 0. The van der Waals surface area contributed by atoms with Gasteiger partial charge in [-0.05, 0) is 51.4 Å². The summed E-state index contributed by atoms with van der Waals surface area (Å²) in [5.41, 5.74) is 0. The Balaban J connectivity index is 3.85. The second kappa shape index (κ2) is 44.3. The Morgan fingerprint density at radius 1 is 0.525 bits per heavy atom. The van der Waals surface area contributed by atoms with E-state index < -0.39 is 57.6 Å². The van der Waals surface area contributed by atoms with Gasteiger partial charge < -0.3 is 25.2 Å². The highest BCUT2D eigenvalue weighted by molar-refractivity contribution is 7.47. The number of amides is 1. The second-order valence-electron chi connectivity index (χ2n) is 16.7. The Morgan fingerprint density at radius 2 is 0.902 bits per heavy atom. The van der Waals surface area contributed by atoms with E-state index in [2.05, 4.69) is 55.6 Å². The first-order valence-corrected chi connectivity index (χ1v) is 26.0. The molecule has 61 heavy (non-hydrogen) atoms. The maximum absolute atomic E-state index is 12.4. The number of aliphatic carboxylic acids is 1. The van der Waals surface area contributed by atoms with Crippen LogP contribution in [0, 0.1) is 0 Å². The van der Waals surface area contributed by atoms with Gasteiger partial charge in [-0.3, -0.25) is 18.6 Å². The average Bonchev–Trinajstić information content (AvgIpc) is 3.24. The first-order valence-electron chi connectivity index (χ1n) is 24.5. The predicted molar refractivity (Wildman–Crippen MR) is 249 cm³/mol. The number of phosphoric ester groups is 1. The third-order valence-electron chi connectivity index (χ3n) is 10.7. The van der Waals surface area contributed by atoms with Gasteiger partial charge in [0, 0.05) is 12.8 Å². The summed E-state index contributed by atoms with van der Waals surface area (Å²) in [4.78, 5) is 46.0. The third kappa shape index (κ3) is 44.1. The fourth-order valence-electron chi connectivity index (χ4n) is 6.85. The summed E-state index contributed by atoms with van der Waals surface area (Å²) in [7, 11) is -4.76. The molecule has 0 aromatic heterocycles. The van der Waals surface area contributed by atoms with Crippen molar-refractivity contribution >= 4 is 25.7 Å². The van der Waals surface area contributed by atoms with Gasteiger partial charge >= 0.3 is 19.8 Å².